The molecule has 1 aliphatic rings. The lowest BCUT2D eigenvalue weighted by Gasteiger charge is -2.43. The van der Waals surface area contributed by atoms with Gasteiger partial charge in [0.2, 0.25) is 0 Å². The van der Waals surface area contributed by atoms with Gasteiger partial charge in [-0.15, -0.1) is 0 Å². The van der Waals surface area contributed by atoms with Gasteiger partial charge in [-0.1, -0.05) is 51.1 Å². The van der Waals surface area contributed by atoms with Crippen LogP contribution in [-0.4, -0.2) is 40.4 Å². The van der Waals surface area contributed by atoms with Crippen LogP contribution in [0.15, 0.2) is 48.7 Å². The summed E-state index contributed by atoms with van der Waals surface area (Å²) in [6, 6.07) is 13.3. The van der Waals surface area contributed by atoms with Gasteiger partial charge in [-0.2, -0.15) is 0 Å². The number of hydrogen-bond acceptors (Lipinski definition) is 3. The molecule has 0 saturated carbocycles. The predicted molar refractivity (Wildman–Crippen MR) is 99.8 cm³/mol. The molecule has 26 heavy (non-hydrogen) atoms. The molecule has 138 valence electrons. The van der Waals surface area contributed by atoms with Crippen LogP contribution in [0.1, 0.15) is 42.9 Å². The first-order chi connectivity index (χ1) is 12.3. The van der Waals surface area contributed by atoms with Crippen LogP contribution in [-0.2, 0) is 16.6 Å². The number of nitrogens with zero attached hydrogens (tertiary/aromatic N) is 2. The summed E-state index contributed by atoms with van der Waals surface area (Å²) in [5, 5.41) is 0. The number of hydrogen-bond donors (Lipinski definition) is 0. The number of ether oxygens (including phenoxy) is 1. The maximum Gasteiger partial charge on any atom is 0.296 e. The molecule has 2 heterocycles. The van der Waals surface area contributed by atoms with Gasteiger partial charge in [0.15, 0.2) is 0 Å². The Labute approximate surface area is 154 Å². The van der Waals surface area contributed by atoms with E-state index in [9.17, 15) is 9.59 Å². The van der Waals surface area contributed by atoms with Crippen molar-refractivity contribution in [1.82, 2.24) is 9.47 Å². The molecule has 1 fully saturated rings. The lowest BCUT2D eigenvalue weighted by Crippen LogP contribution is -2.52. The monoisotopic (exact) mass is 354 g/mol. The lowest BCUT2D eigenvalue weighted by atomic mass is 9.87. The zero-order valence-electron chi connectivity index (χ0n) is 15.8. The van der Waals surface area contributed by atoms with Gasteiger partial charge in [0.1, 0.15) is 6.10 Å². The Hall–Kier alpha value is -2.40. The Morgan fingerprint density at radius 2 is 1.73 bits per heavy atom. The first kappa shape index (κ1) is 18.4. The number of benzene rings is 1. The van der Waals surface area contributed by atoms with Crippen molar-refractivity contribution in [1.29, 1.82) is 0 Å². The Balaban J connectivity index is 1.86. The van der Waals surface area contributed by atoms with Crippen molar-refractivity contribution in [2.24, 2.45) is 12.5 Å². The fraction of sp³-hybridized carbons (Fsp3) is 0.429. The van der Waals surface area contributed by atoms with Crippen LogP contribution in [0.25, 0.3) is 0 Å². The Kier molecular flexibility index (Phi) is 5.01. The van der Waals surface area contributed by atoms with E-state index in [1.54, 1.807) is 34.8 Å². The highest BCUT2D eigenvalue weighted by Crippen LogP contribution is 2.33. The number of aryl methyl sites for hydroxylation is 1. The van der Waals surface area contributed by atoms with Crippen LogP contribution in [0.4, 0.5) is 0 Å². The molecule has 3 rings (SSSR count). The summed E-state index contributed by atoms with van der Waals surface area (Å²) < 4.78 is 7.98. The third-order valence-electron chi connectivity index (χ3n) is 4.90. The predicted octanol–water partition coefficient (Wildman–Crippen LogP) is 3.22. The molecule has 0 aliphatic carbocycles. The summed E-state index contributed by atoms with van der Waals surface area (Å²) in [5.41, 5.74) is 1.29. The second kappa shape index (κ2) is 7.08. The zero-order valence-corrected chi connectivity index (χ0v) is 15.8. The van der Waals surface area contributed by atoms with Gasteiger partial charge in [0.05, 0.1) is 18.3 Å². The minimum absolute atomic E-state index is 0.139. The normalized spacial score (nSPS) is 20.8. The van der Waals surface area contributed by atoms with Crippen LogP contribution in [0, 0.1) is 5.41 Å². The fourth-order valence-electron chi connectivity index (χ4n) is 3.20. The van der Waals surface area contributed by atoms with Gasteiger partial charge in [-0.3, -0.25) is 9.59 Å². The first-order valence-corrected chi connectivity index (χ1v) is 8.92. The third kappa shape index (κ3) is 3.73. The molecule has 5 nitrogen and oxygen atoms in total. The summed E-state index contributed by atoms with van der Waals surface area (Å²) in [7, 11) is 1.77. The maximum atomic E-state index is 12.9. The summed E-state index contributed by atoms with van der Waals surface area (Å²) in [4.78, 5) is 27.2. The molecule has 0 unspecified atom stereocenters. The van der Waals surface area contributed by atoms with E-state index in [1.165, 1.54) is 0 Å². The standard InChI is InChI=1S/C21H26N2O3/c1-21(2,3)18-14-23(13-17(26-18)15-9-6-5-7-10-15)20(25)19(24)16-11-8-12-22(16)4/h5-12,17-18H,13-14H2,1-4H3/t17-,18+/m0/s1. The summed E-state index contributed by atoms with van der Waals surface area (Å²) in [5.74, 6) is -0.941. The minimum atomic E-state index is -0.473. The second-order valence-corrected chi connectivity index (χ2v) is 7.93. The van der Waals surface area contributed by atoms with E-state index >= 15 is 0 Å². The van der Waals surface area contributed by atoms with Crippen LogP contribution < -0.4 is 0 Å². The number of morpholine rings is 1. The van der Waals surface area contributed by atoms with E-state index in [0.29, 0.717) is 18.8 Å². The lowest BCUT2D eigenvalue weighted by molar-refractivity contribution is -0.153. The number of ketones is 1. The summed E-state index contributed by atoms with van der Waals surface area (Å²) in [6.07, 6.45) is 1.39. The topological polar surface area (TPSA) is 51.5 Å². The number of Topliss-reactive ketones (excluding diaryl/α,β-unsaturated/α-hetero) is 1. The number of rotatable bonds is 3. The molecule has 2 atom stereocenters. The first-order valence-electron chi connectivity index (χ1n) is 8.92. The molecule has 1 aliphatic heterocycles. The van der Waals surface area contributed by atoms with Gasteiger partial charge >= 0.3 is 0 Å². The highest BCUT2D eigenvalue weighted by atomic mass is 16.5. The summed E-state index contributed by atoms with van der Waals surface area (Å²) >= 11 is 0. The van der Waals surface area contributed by atoms with Crippen molar-refractivity contribution in [3.8, 4) is 0 Å². The molecule has 0 bridgehead atoms. The second-order valence-electron chi connectivity index (χ2n) is 7.93. The van der Waals surface area contributed by atoms with E-state index in [1.807, 2.05) is 30.3 Å². The Bertz CT molecular complexity index is 789. The number of amides is 1. The molecule has 1 amide bonds. The van der Waals surface area contributed by atoms with Crippen LogP contribution in [0.2, 0.25) is 0 Å². The minimum Gasteiger partial charge on any atom is -0.366 e. The van der Waals surface area contributed by atoms with Gasteiger partial charge in [0, 0.05) is 19.8 Å². The molecule has 1 aromatic heterocycles. The van der Waals surface area contributed by atoms with Gasteiger partial charge in [-0.25, -0.2) is 0 Å². The van der Waals surface area contributed by atoms with Crippen molar-refractivity contribution in [3.63, 3.8) is 0 Å². The molecule has 2 aromatic rings. The quantitative estimate of drug-likeness (QED) is 0.628. The average Bonchev–Trinajstić information content (AvgIpc) is 3.06. The SMILES string of the molecule is Cn1cccc1C(=O)C(=O)N1C[C@@H](c2ccccc2)O[C@@H](C(C)(C)C)C1. The van der Waals surface area contributed by atoms with Gasteiger partial charge in [0.25, 0.3) is 11.7 Å². The average molecular weight is 354 g/mol. The maximum absolute atomic E-state index is 12.9. The summed E-state index contributed by atoms with van der Waals surface area (Å²) in [6.45, 7) is 7.07. The van der Waals surface area contributed by atoms with E-state index in [4.69, 9.17) is 4.74 Å². The molecular weight excluding hydrogens is 328 g/mol. The Morgan fingerprint density at radius 3 is 2.31 bits per heavy atom. The molecule has 0 radical (unpaired) electrons. The van der Waals surface area contributed by atoms with Crippen molar-refractivity contribution >= 4 is 11.7 Å². The van der Waals surface area contributed by atoms with Crippen molar-refractivity contribution in [2.75, 3.05) is 13.1 Å². The van der Waals surface area contributed by atoms with E-state index in [2.05, 4.69) is 20.8 Å². The third-order valence-corrected chi connectivity index (χ3v) is 4.90. The van der Waals surface area contributed by atoms with Gasteiger partial charge in [-0.05, 0) is 23.1 Å². The number of carbonyl (C=O) groups excluding carboxylic acids is 2. The fourth-order valence-corrected chi connectivity index (χ4v) is 3.20. The Morgan fingerprint density at radius 1 is 1.04 bits per heavy atom. The van der Waals surface area contributed by atoms with Crippen LogP contribution in [0.5, 0.6) is 0 Å². The molecule has 5 heteroatoms. The highest BCUT2D eigenvalue weighted by Gasteiger charge is 2.39. The molecule has 1 aromatic carbocycles. The molecule has 1 saturated heterocycles. The number of aromatic nitrogens is 1. The molecule has 0 spiro atoms. The van der Waals surface area contributed by atoms with Crippen molar-refractivity contribution in [3.05, 3.63) is 59.9 Å². The molecule has 0 N–H and O–H groups in total. The van der Waals surface area contributed by atoms with Crippen LogP contribution in [0.3, 0.4) is 0 Å². The van der Waals surface area contributed by atoms with E-state index < -0.39 is 11.7 Å². The zero-order chi connectivity index (χ0) is 18.9. The van der Waals surface area contributed by atoms with Gasteiger partial charge < -0.3 is 14.2 Å². The van der Waals surface area contributed by atoms with Crippen molar-refractivity contribution in [2.45, 2.75) is 33.0 Å². The largest absolute Gasteiger partial charge is 0.366 e. The van der Waals surface area contributed by atoms with E-state index in [0.717, 1.165) is 5.56 Å². The highest BCUT2D eigenvalue weighted by molar-refractivity contribution is 6.42. The van der Waals surface area contributed by atoms with E-state index in [-0.39, 0.29) is 17.6 Å². The van der Waals surface area contributed by atoms with Crippen LogP contribution >= 0.6 is 0 Å². The number of carbonyl (C=O) groups is 2. The molecular formula is C21H26N2O3. The van der Waals surface area contributed by atoms with Crippen molar-refractivity contribution < 1.29 is 14.3 Å². The smallest absolute Gasteiger partial charge is 0.296 e.